The molecule has 4 N–H and O–H groups in total. The maximum absolute atomic E-state index is 10.7. The molecule has 1 unspecified atom stereocenters. The van der Waals surface area contributed by atoms with Gasteiger partial charge in [0.15, 0.2) is 5.60 Å². The highest BCUT2D eigenvalue weighted by molar-refractivity contribution is 5.87. The van der Waals surface area contributed by atoms with E-state index in [1.807, 2.05) is 30.3 Å². The molecule has 4 aliphatic carbocycles. The number of hydrogen-bond donors (Lipinski definition) is 4. The van der Waals surface area contributed by atoms with Crippen LogP contribution in [0.3, 0.4) is 0 Å². The van der Waals surface area contributed by atoms with E-state index in [9.17, 15) is 30.9 Å². The van der Waals surface area contributed by atoms with E-state index in [0.717, 1.165) is 25.7 Å². The van der Waals surface area contributed by atoms with Gasteiger partial charge in [0.2, 0.25) is 6.29 Å². The number of para-hydroxylation sites is 1. The lowest BCUT2D eigenvalue weighted by Gasteiger charge is -2.68. The Bertz CT molecular complexity index is 1810. The van der Waals surface area contributed by atoms with Crippen molar-refractivity contribution in [3.63, 3.8) is 0 Å². The zero-order valence-electron chi connectivity index (χ0n) is 27.3. The number of fused-ring (bicyclic) bond motifs is 1. The van der Waals surface area contributed by atoms with Crippen LogP contribution in [0.4, 0.5) is 0 Å². The second-order valence-electron chi connectivity index (χ2n) is 14.1. The summed E-state index contributed by atoms with van der Waals surface area (Å²) in [4.78, 5) is 12.3. The highest BCUT2D eigenvalue weighted by Gasteiger charge is 2.77. The number of rotatable bonds is 7. The molecule has 3 aliphatic heterocycles. The van der Waals surface area contributed by atoms with Gasteiger partial charge in [0.25, 0.3) is 5.79 Å². The minimum atomic E-state index is -1.60. The van der Waals surface area contributed by atoms with Crippen molar-refractivity contribution < 1.29 is 49.1 Å². The minimum Gasteiger partial charge on any atom is -0.462 e. The van der Waals surface area contributed by atoms with E-state index in [2.05, 4.69) is 0 Å². The zero-order chi connectivity index (χ0) is 34.8. The Morgan fingerprint density at radius 1 is 0.920 bits per heavy atom. The van der Waals surface area contributed by atoms with Gasteiger partial charge in [-0.1, -0.05) is 30.3 Å². The van der Waals surface area contributed by atoms with Crippen LogP contribution in [0.25, 0.3) is 11.6 Å². The van der Waals surface area contributed by atoms with Gasteiger partial charge in [-0.25, -0.2) is 4.89 Å². The third kappa shape index (κ3) is 4.94. The normalized spacial score (nSPS) is 38.1. The van der Waals surface area contributed by atoms with Gasteiger partial charge in [-0.3, -0.25) is 0 Å². The van der Waals surface area contributed by atoms with Crippen LogP contribution in [0.5, 0.6) is 11.5 Å². The largest absolute Gasteiger partial charge is 0.462 e. The van der Waals surface area contributed by atoms with Gasteiger partial charge in [0, 0.05) is 23.8 Å². The number of allylic oxidation sites excluding steroid dienone is 4. The summed E-state index contributed by atoms with van der Waals surface area (Å²) in [6.45, 7) is -0.589. The van der Waals surface area contributed by atoms with Gasteiger partial charge in [-0.15, -0.1) is 0 Å². The number of hydrogen-bond acceptors (Lipinski definition) is 12. The third-order valence-electron chi connectivity index (χ3n) is 11.5. The highest BCUT2D eigenvalue weighted by atomic mass is 17.3. The highest BCUT2D eigenvalue weighted by Crippen LogP contribution is 2.69. The van der Waals surface area contributed by atoms with Gasteiger partial charge >= 0.3 is 0 Å². The molecule has 6 atom stereocenters. The monoisotopic (exact) mass is 682 g/mol. The third-order valence-corrected chi connectivity index (χ3v) is 11.5. The molecule has 0 aromatic heterocycles. The fourth-order valence-corrected chi connectivity index (χ4v) is 9.43. The topological polar surface area (TPSA) is 184 Å². The van der Waals surface area contributed by atoms with E-state index in [1.54, 1.807) is 49.6 Å². The minimum absolute atomic E-state index is 0.0378. The molecule has 3 heterocycles. The van der Waals surface area contributed by atoms with Crippen molar-refractivity contribution in [1.29, 1.82) is 10.5 Å². The number of benzene rings is 2. The van der Waals surface area contributed by atoms with Gasteiger partial charge < -0.3 is 39.4 Å². The second kappa shape index (κ2) is 12.6. The molecular formula is C38H38N2O10. The van der Waals surface area contributed by atoms with Crippen LogP contribution < -0.4 is 9.47 Å². The summed E-state index contributed by atoms with van der Waals surface area (Å²) < 4.78 is 24.3. The van der Waals surface area contributed by atoms with Gasteiger partial charge in [-0.2, -0.15) is 15.4 Å². The first-order chi connectivity index (χ1) is 24.2. The first-order valence-corrected chi connectivity index (χ1v) is 17.0. The summed E-state index contributed by atoms with van der Waals surface area (Å²) in [5, 5.41) is 60.4. The summed E-state index contributed by atoms with van der Waals surface area (Å²) in [6.07, 6.45) is 3.28. The SMILES string of the molecule is COC1(c2cc(O[C@@H]3O[C@H](CO)[C@H](O)[C@H](O)[C@H]3O)ccc2/C=C/C2=CC(=C(C#N)C#N)c3ccccc3O2)OOC12C1CC3CC(C1)CC2C3. The molecule has 2 aromatic carbocycles. The molecule has 0 amide bonds. The van der Waals surface area contributed by atoms with Crippen molar-refractivity contribution in [3.05, 3.63) is 82.6 Å². The predicted octanol–water partition coefficient (Wildman–Crippen LogP) is 3.61. The smallest absolute Gasteiger partial charge is 0.261 e. The first-order valence-electron chi connectivity index (χ1n) is 17.0. The van der Waals surface area contributed by atoms with Gasteiger partial charge in [0.05, 0.1) is 6.61 Å². The number of aliphatic hydroxyl groups is 4. The molecule has 4 bridgehead atoms. The maximum Gasteiger partial charge on any atom is 0.261 e. The van der Waals surface area contributed by atoms with Crippen molar-refractivity contribution in [1.82, 2.24) is 0 Å². The van der Waals surface area contributed by atoms with Crippen LogP contribution in [-0.4, -0.2) is 70.4 Å². The molecule has 260 valence electrons. The number of nitrogens with zero attached hydrogens (tertiary/aromatic N) is 2. The van der Waals surface area contributed by atoms with Crippen LogP contribution >= 0.6 is 0 Å². The molecule has 12 nitrogen and oxygen atoms in total. The lowest BCUT2D eigenvalue weighted by atomic mass is 9.47. The van der Waals surface area contributed by atoms with Crippen LogP contribution in [0.1, 0.15) is 48.8 Å². The number of ether oxygens (including phenoxy) is 4. The molecule has 6 fully saturated rings. The molecule has 4 saturated carbocycles. The first kappa shape index (κ1) is 33.1. The molecule has 1 spiro atoms. The molecular weight excluding hydrogens is 644 g/mol. The standard InChI is InChI=1S/C38H38N2O10/c1-45-38(37(49-50-38)24-11-20-10-21(13-24)14-25(37)12-20)30-16-27(47-36-35(44)34(43)33(42)32(19-41)48-36)9-7-22(30)6-8-26-15-29(23(17-39)18-40)28-4-2-3-5-31(28)46-26/h2-9,15-16,20-21,24-25,32-36,41-44H,10-14,19H2,1H3/b8-6+/t20?,21?,24?,25?,32-,33+,34+,35-,36-,37?,38?/m1/s1. The van der Waals surface area contributed by atoms with Crippen molar-refractivity contribution in [2.75, 3.05) is 13.7 Å². The van der Waals surface area contributed by atoms with Crippen molar-refractivity contribution in [2.45, 2.75) is 74.2 Å². The fourth-order valence-electron chi connectivity index (χ4n) is 9.43. The van der Waals surface area contributed by atoms with Crippen LogP contribution in [0.15, 0.2) is 65.9 Å². The van der Waals surface area contributed by atoms with E-state index in [0.29, 0.717) is 45.6 Å². The number of methoxy groups -OCH3 is 1. The van der Waals surface area contributed by atoms with Gasteiger partial charge in [-0.05, 0) is 91.7 Å². The Morgan fingerprint density at radius 3 is 2.28 bits per heavy atom. The summed E-state index contributed by atoms with van der Waals surface area (Å²) >= 11 is 0. The maximum atomic E-state index is 10.7. The average Bonchev–Trinajstić information content (AvgIpc) is 3.11. The van der Waals surface area contributed by atoms with Crippen LogP contribution in [0, 0.1) is 46.3 Å². The van der Waals surface area contributed by atoms with E-state index in [4.69, 9.17) is 28.7 Å². The van der Waals surface area contributed by atoms with Crippen LogP contribution in [-0.2, 0) is 25.0 Å². The number of nitriles is 2. The Hall–Kier alpha value is -4.08. The zero-order valence-corrected chi connectivity index (χ0v) is 27.3. The predicted molar refractivity (Wildman–Crippen MR) is 174 cm³/mol. The Morgan fingerprint density at radius 2 is 1.64 bits per heavy atom. The van der Waals surface area contributed by atoms with E-state index in [1.165, 1.54) is 6.42 Å². The lowest BCUT2D eigenvalue weighted by Crippen LogP contribution is -2.76. The molecule has 12 heteroatoms. The molecule has 2 aromatic rings. The summed E-state index contributed by atoms with van der Waals surface area (Å²) in [5.74, 6) is 1.56. The lowest BCUT2D eigenvalue weighted by molar-refractivity contribution is -0.645. The van der Waals surface area contributed by atoms with E-state index in [-0.39, 0.29) is 23.2 Å². The Kier molecular flexibility index (Phi) is 8.34. The van der Waals surface area contributed by atoms with Crippen molar-refractivity contribution in [3.8, 4) is 23.6 Å². The molecule has 9 rings (SSSR count). The average molecular weight is 683 g/mol. The van der Waals surface area contributed by atoms with E-state index >= 15 is 0 Å². The summed E-state index contributed by atoms with van der Waals surface area (Å²) in [6, 6.07) is 16.4. The quantitative estimate of drug-likeness (QED) is 0.246. The van der Waals surface area contributed by atoms with Crippen molar-refractivity contribution >= 4 is 11.6 Å². The Balaban J connectivity index is 1.20. The number of aliphatic hydroxyl groups excluding tert-OH is 4. The summed E-state index contributed by atoms with van der Waals surface area (Å²) in [5.41, 5.74) is 1.59. The fraction of sp³-hybridized carbons (Fsp3) is 0.474. The van der Waals surface area contributed by atoms with Crippen LogP contribution in [0.2, 0.25) is 0 Å². The molecule has 2 saturated heterocycles. The van der Waals surface area contributed by atoms with E-state index < -0.39 is 48.7 Å². The molecule has 0 radical (unpaired) electrons. The molecule has 7 aliphatic rings. The second-order valence-corrected chi connectivity index (χ2v) is 14.1. The molecule has 50 heavy (non-hydrogen) atoms. The van der Waals surface area contributed by atoms with Gasteiger partial charge in [0.1, 0.15) is 59.4 Å². The van der Waals surface area contributed by atoms with Crippen molar-refractivity contribution in [2.24, 2.45) is 23.7 Å². The Labute approximate surface area is 288 Å². The summed E-state index contributed by atoms with van der Waals surface area (Å²) in [7, 11) is 1.60.